The van der Waals surface area contributed by atoms with Gasteiger partial charge in [0.1, 0.15) is 22.8 Å². The van der Waals surface area contributed by atoms with Crippen LogP contribution in [0.5, 0.6) is 0 Å². The molecule has 8 aromatic heterocycles. The first-order valence-corrected chi connectivity index (χ1v) is 31.9. The third kappa shape index (κ3) is 13.4. The lowest BCUT2D eigenvalue weighted by molar-refractivity contribution is 0.149. The molecule has 0 radical (unpaired) electrons. The van der Waals surface area contributed by atoms with Gasteiger partial charge in [0.2, 0.25) is 0 Å². The molecule has 90 heavy (non-hydrogen) atoms. The predicted molar refractivity (Wildman–Crippen MR) is 358 cm³/mol. The first kappa shape index (κ1) is 60.8. The Morgan fingerprint density at radius 3 is 1.03 bits per heavy atom. The molecule has 21 nitrogen and oxygen atoms in total. The van der Waals surface area contributed by atoms with E-state index in [1.54, 1.807) is 0 Å². The van der Waals surface area contributed by atoms with Crippen molar-refractivity contribution in [3.63, 3.8) is 0 Å². The van der Waals surface area contributed by atoms with Crippen LogP contribution < -0.4 is 0 Å². The van der Waals surface area contributed by atoms with Gasteiger partial charge in [0.25, 0.3) is 0 Å². The molecule has 12 heterocycles. The lowest BCUT2D eigenvalue weighted by atomic mass is 10.1. The van der Waals surface area contributed by atoms with Crippen LogP contribution in [0.3, 0.4) is 0 Å². The number of nitrogens with zero attached hydrogens (tertiary/aromatic N) is 21. The topological polar surface area (TPSA) is 172 Å². The van der Waals surface area contributed by atoms with E-state index in [1.165, 1.54) is 0 Å². The van der Waals surface area contributed by atoms with Crippen LogP contribution in [0.25, 0.3) is 78.5 Å². The summed E-state index contributed by atoms with van der Waals surface area (Å²) in [5.41, 5.74) is 8.76. The van der Waals surface area contributed by atoms with Crippen molar-refractivity contribution < 1.29 is 0 Å². The highest BCUT2D eigenvalue weighted by Gasteiger charge is 2.27. The molecule has 24 heteroatoms. The number of aliphatic imine (C=N–C) groups is 1. The molecule has 3 saturated heterocycles. The first-order chi connectivity index (χ1) is 44.1. The van der Waals surface area contributed by atoms with Crippen molar-refractivity contribution in [3.8, 4) is 45.4 Å². The molecule has 4 aliphatic heterocycles. The molecule has 0 spiro atoms. The second kappa shape index (κ2) is 28.0. The van der Waals surface area contributed by atoms with Crippen LogP contribution >= 0.6 is 34.8 Å². The monoisotopic (exact) mass is 1260 g/mol. The number of aromatic nitrogens is 14. The molecule has 4 aliphatic rings. The van der Waals surface area contributed by atoms with Gasteiger partial charge in [-0.25, -0.2) is 14.0 Å². The van der Waals surface area contributed by atoms with E-state index >= 15 is 0 Å². The Morgan fingerprint density at radius 1 is 0.356 bits per heavy atom. The maximum Gasteiger partial charge on any atom is 0.184 e. The van der Waals surface area contributed by atoms with Gasteiger partial charge in [0.05, 0.1) is 56.6 Å². The van der Waals surface area contributed by atoms with E-state index in [9.17, 15) is 0 Å². The van der Waals surface area contributed by atoms with Gasteiger partial charge in [-0.2, -0.15) is 15.3 Å². The number of likely N-dealkylation sites (N-methyl/N-ethyl adjacent to an activating group) is 3. The quantitative estimate of drug-likeness (QED) is 0.0949. The molecular formula is C66H72Cl3N21. The van der Waals surface area contributed by atoms with E-state index in [2.05, 4.69) is 86.1 Å². The number of benzene rings is 3. The Bertz CT molecular complexity index is 4050. The zero-order valence-corrected chi connectivity index (χ0v) is 53.2. The number of hydrogen-bond donors (Lipinski definition) is 0. The zero-order chi connectivity index (χ0) is 61.5. The zero-order valence-electron chi connectivity index (χ0n) is 50.9. The van der Waals surface area contributed by atoms with Gasteiger partial charge in [-0.1, -0.05) is 132 Å². The largest absolute Gasteiger partial charge is 0.307 e. The maximum atomic E-state index is 6.89. The highest BCUT2D eigenvalue weighted by molar-refractivity contribution is 6.39. The molecule has 462 valence electrons. The average molecular weight is 1270 g/mol. The van der Waals surface area contributed by atoms with E-state index in [1.807, 2.05) is 176 Å². The Morgan fingerprint density at radius 2 is 0.689 bits per heavy atom. The normalized spacial score (nSPS) is 16.4. The molecule has 0 saturated carbocycles. The van der Waals surface area contributed by atoms with Crippen molar-refractivity contribution in [1.29, 1.82) is 0 Å². The van der Waals surface area contributed by atoms with Gasteiger partial charge in [-0.15, -0.1) is 30.6 Å². The van der Waals surface area contributed by atoms with Crippen molar-refractivity contribution in [3.05, 3.63) is 173 Å². The first-order valence-electron chi connectivity index (χ1n) is 30.8. The summed E-state index contributed by atoms with van der Waals surface area (Å²) in [6, 6.07) is 37.7. The van der Waals surface area contributed by atoms with Crippen LogP contribution in [0, 0.1) is 0 Å². The number of halogens is 3. The Labute approximate surface area is 538 Å². The maximum absolute atomic E-state index is 6.89. The minimum absolute atomic E-state index is 0.584. The number of fused-ring (bicyclic) bond motifs is 3. The molecule has 0 N–H and O–H groups in total. The fourth-order valence-electron chi connectivity index (χ4n) is 11.8. The van der Waals surface area contributed by atoms with Gasteiger partial charge >= 0.3 is 0 Å². The lowest BCUT2D eigenvalue weighted by Gasteiger charge is -2.32. The van der Waals surface area contributed by atoms with Crippen molar-refractivity contribution in [2.24, 2.45) is 4.99 Å². The van der Waals surface area contributed by atoms with E-state index in [4.69, 9.17) is 50.1 Å². The average Bonchev–Trinajstić information content (AvgIpc) is 2.56. The fraction of sp³-hybridized carbons (Fsp3) is 0.333. The summed E-state index contributed by atoms with van der Waals surface area (Å²) < 4.78 is 9.79. The number of piperazine rings is 3. The molecule has 3 aromatic carbocycles. The van der Waals surface area contributed by atoms with Gasteiger partial charge in [0, 0.05) is 152 Å². The highest BCUT2D eigenvalue weighted by atomic mass is 35.5. The number of rotatable bonds is 15. The van der Waals surface area contributed by atoms with Crippen molar-refractivity contribution >= 4 is 73.6 Å². The summed E-state index contributed by atoms with van der Waals surface area (Å²) in [5.74, 6) is 1.57. The molecule has 0 bridgehead atoms. The summed E-state index contributed by atoms with van der Waals surface area (Å²) in [6.07, 6.45) is 12.5. The summed E-state index contributed by atoms with van der Waals surface area (Å²) in [5, 5.41) is 46.0. The van der Waals surface area contributed by atoms with E-state index in [-0.39, 0.29) is 0 Å². The number of hydrogen-bond acceptors (Lipinski definition) is 16. The molecule has 0 atom stereocenters. The van der Waals surface area contributed by atoms with Gasteiger partial charge in [0.15, 0.2) is 28.6 Å². The molecule has 3 fully saturated rings. The summed E-state index contributed by atoms with van der Waals surface area (Å²) in [7, 11) is 6.51. The van der Waals surface area contributed by atoms with Crippen LogP contribution in [0.1, 0.15) is 12.1 Å². The lowest BCUT2D eigenvalue weighted by Crippen LogP contribution is -2.45. The standard InChI is InChI=1S/3C22H24ClN7/c2*1-27-11-13-28(14-12-27)15-16-30-21-18(22(26-30)29-9-5-6-10-29)19(23)20(24-25-21)17-7-3-2-4-8-17;1-28-10-12-29(13-11-28)14-15-30-22-18(21(27-30)17-8-5-9-24-17)19(23)20(25-26-22)16-6-3-2-4-7-16/h2*2-10H,11-16H2,1H3;2-7,9H,8,10-15H2,1H3. The van der Waals surface area contributed by atoms with Gasteiger partial charge in [-0.3, -0.25) is 19.7 Å². The van der Waals surface area contributed by atoms with Crippen LogP contribution in [-0.2, 0) is 19.6 Å². The van der Waals surface area contributed by atoms with Gasteiger partial charge < -0.3 is 23.8 Å². The minimum atomic E-state index is 0.584. The van der Waals surface area contributed by atoms with Crippen molar-refractivity contribution in [2.75, 3.05) is 119 Å². The van der Waals surface area contributed by atoms with E-state index < -0.39 is 0 Å². The molecular weight excluding hydrogens is 1190 g/mol. The predicted octanol–water partition coefficient (Wildman–Crippen LogP) is 9.47. The summed E-state index contributed by atoms with van der Waals surface area (Å²) >= 11 is 20.7. The molecule has 0 unspecified atom stereocenters. The van der Waals surface area contributed by atoms with Crippen LogP contribution in [-0.4, -0.2) is 223 Å². The molecule has 0 amide bonds. The van der Waals surface area contributed by atoms with Crippen molar-refractivity contribution in [2.45, 2.75) is 26.1 Å². The SMILES string of the molecule is CN1CCN(CCn2nc(-n3cccc3)c3c(Cl)c(-c4ccccc4)nnc32)CC1.CN1CCN(CCn2nc(-n3cccc3)c3c(Cl)c(-c4ccccc4)nnc32)CC1.CN1CCN(CCn2nc(C3=NC=CC3)c3c(Cl)c(-c4ccccc4)nnc32)CC1. The Balaban J connectivity index is 0.000000124. The van der Waals surface area contributed by atoms with Gasteiger partial charge in [-0.05, 0) is 45.4 Å². The third-order valence-corrected chi connectivity index (χ3v) is 18.3. The molecule has 11 aromatic rings. The Kier molecular flexibility index (Phi) is 18.9. The Hall–Kier alpha value is -8.09. The van der Waals surface area contributed by atoms with Crippen LogP contribution in [0.15, 0.2) is 157 Å². The summed E-state index contributed by atoms with van der Waals surface area (Å²) in [4.78, 5) is 19.0. The van der Waals surface area contributed by atoms with E-state index in [0.29, 0.717) is 32.1 Å². The van der Waals surface area contributed by atoms with Crippen molar-refractivity contribution in [1.82, 2.24) is 98.5 Å². The summed E-state index contributed by atoms with van der Waals surface area (Å²) in [6.45, 7) is 18.0. The fourth-order valence-corrected chi connectivity index (χ4v) is 12.7. The minimum Gasteiger partial charge on any atom is -0.307 e. The van der Waals surface area contributed by atoms with Crippen LogP contribution in [0.2, 0.25) is 15.1 Å². The second-order valence-electron chi connectivity index (χ2n) is 23.2. The third-order valence-electron chi connectivity index (χ3n) is 17.2. The number of allylic oxidation sites excluding steroid dienone is 1. The van der Waals surface area contributed by atoms with Crippen LogP contribution in [0.4, 0.5) is 0 Å². The smallest absolute Gasteiger partial charge is 0.184 e. The molecule has 0 aliphatic carbocycles. The van der Waals surface area contributed by atoms with E-state index in [0.717, 1.165) is 197 Å². The second-order valence-corrected chi connectivity index (χ2v) is 24.4. The highest BCUT2D eigenvalue weighted by Crippen LogP contribution is 2.38. The molecule has 15 rings (SSSR count).